The SMILES string of the molecule is O=C(Cn1cnc2sccc2c1=O)N1CCCc2cc([N+](=O)[O-])ccc21. The van der Waals surface area contributed by atoms with Gasteiger partial charge < -0.3 is 4.90 Å². The Balaban J connectivity index is 1.64. The van der Waals surface area contributed by atoms with Gasteiger partial charge in [-0.25, -0.2) is 4.98 Å². The standard InChI is InChI=1S/C17H14N4O4S/c22-15(9-19-10-18-16-13(17(19)23)5-7-26-16)20-6-1-2-11-8-12(21(24)25)3-4-14(11)20/h3-5,7-8,10H,1-2,6,9H2. The number of nitrogens with zero attached hydrogens (tertiary/aromatic N) is 4. The summed E-state index contributed by atoms with van der Waals surface area (Å²) in [5.74, 6) is -0.238. The lowest BCUT2D eigenvalue weighted by Crippen LogP contribution is -2.39. The van der Waals surface area contributed by atoms with Crippen LogP contribution in [-0.2, 0) is 17.8 Å². The lowest BCUT2D eigenvalue weighted by atomic mass is 10.0. The number of benzene rings is 1. The van der Waals surface area contributed by atoms with E-state index in [0.717, 1.165) is 12.0 Å². The number of amides is 1. The van der Waals surface area contributed by atoms with Crippen LogP contribution in [0.25, 0.3) is 10.2 Å². The fraction of sp³-hybridized carbons (Fsp3) is 0.235. The van der Waals surface area contributed by atoms with Crippen LogP contribution in [0.3, 0.4) is 0 Å². The summed E-state index contributed by atoms with van der Waals surface area (Å²) in [5.41, 5.74) is 1.22. The van der Waals surface area contributed by atoms with E-state index in [1.807, 2.05) is 0 Å². The second kappa shape index (κ2) is 6.34. The van der Waals surface area contributed by atoms with Crippen LogP contribution in [-0.4, -0.2) is 26.9 Å². The first kappa shape index (κ1) is 16.4. The van der Waals surface area contributed by atoms with Crippen molar-refractivity contribution in [3.8, 4) is 0 Å². The smallest absolute Gasteiger partial charge is 0.269 e. The largest absolute Gasteiger partial charge is 0.311 e. The lowest BCUT2D eigenvalue weighted by Gasteiger charge is -2.29. The highest BCUT2D eigenvalue weighted by molar-refractivity contribution is 7.16. The van der Waals surface area contributed by atoms with Crippen LogP contribution in [0.5, 0.6) is 0 Å². The number of hydrogen-bond acceptors (Lipinski definition) is 6. The van der Waals surface area contributed by atoms with Gasteiger partial charge in [-0.2, -0.15) is 0 Å². The van der Waals surface area contributed by atoms with E-state index >= 15 is 0 Å². The molecular weight excluding hydrogens is 356 g/mol. The van der Waals surface area contributed by atoms with Crippen LogP contribution in [0.15, 0.2) is 40.8 Å². The number of nitro benzene ring substituents is 1. The molecular formula is C17H14N4O4S. The number of carbonyl (C=O) groups excluding carboxylic acids is 1. The molecule has 0 saturated heterocycles. The molecule has 26 heavy (non-hydrogen) atoms. The first-order valence-corrected chi connectivity index (χ1v) is 8.93. The Hall–Kier alpha value is -3.07. The Labute approximate surface area is 151 Å². The van der Waals surface area contributed by atoms with E-state index < -0.39 is 4.92 Å². The van der Waals surface area contributed by atoms with E-state index in [2.05, 4.69) is 4.98 Å². The molecule has 2 aromatic heterocycles. The molecule has 1 aliphatic rings. The van der Waals surface area contributed by atoms with Crippen molar-refractivity contribution in [2.24, 2.45) is 0 Å². The fourth-order valence-corrected chi connectivity index (χ4v) is 3.92. The highest BCUT2D eigenvalue weighted by atomic mass is 32.1. The molecule has 132 valence electrons. The monoisotopic (exact) mass is 370 g/mol. The quantitative estimate of drug-likeness (QED) is 0.521. The predicted molar refractivity (Wildman–Crippen MR) is 97.7 cm³/mol. The molecule has 1 amide bonds. The predicted octanol–water partition coefficient (Wildman–Crippen LogP) is 2.35. The van der Waals surface area contributed by atoms with Gasteiger partial charge in [-0.3, -0.25) is 24.3 Å². The van der Waals surface area contributed by atoms with E-state index in [1.54, 1.807) is 22.4 Å². The maximum absolute atomic E-state index is 12.8. The van der Waals surface area contributed by atoms with Crippen LogP contribution in [0, 0.1) is 10.1 Å². The minimum absolute atomic E-state index is 0.0152. The molecule has 0 bridgehead atoms. The second-order valence-corrected chi connectivity index (χ2v) is 6.93. The summed E-state index contributed by atoms with van der Waals surface area (Å²) in [6, 6.07) is 6.22. The number of thiophene rings is 1. The van der Waals surface area contributed by atoms with E-state index in [9.17, 15) is 19.7 Å². The summed E-state index contributed by atoms with van der Waals surface area (Å²) < 4.78 is 1.30. The van der Waals surface area contributed by atoms with Crippen LogP contribution < -0.4 is 10.5 Å². The summed E-state index contributed by atoms with van der Waals surface area (Å²) in [5, 5.41) is 13.2. The summed E-state index contributed by atoms with van der Waals surface area (Å²) in [7, 11) is 0. The Bertz CT molecular complexity index is 1090. The van der Waals surface area contributed by atoms with Gasteiger partial charge in [0.2, 0.25) is 5.91 Å². The van der Waals surface area contributed by atoms with Gasteiger partial charge in [0.25, 0.3) is 11.2 Å². The summed E-state index contributed by atoms with van der Waals surface area (Å²) in [4.78, 5) is 42.2. The van der Waals surface area contributed by atoms with Gasteiger partial charge in [-0.1, -0.05) is 0 Å². The Morgan fingerprint density at radius 3 is 3.00 bits per heavy atom. The number of anilines is 1. The second-order valence-electron chi connectivity index (χ2n) is 6.04. The number of hydrogen-bond donors (Lipinski definition) is 0. The third kappa shape index (κ3) is 2.76. The summed E-state index contributed by atoms with van der Waals surface area (Å²) in [6.45, 7) is 0.403. The van der Waals surface area contributed by atoms with Gasteiger partial charge >= 0.3 is 0 Å². The first-order chi connectivity index (χ1) is 12.5. The number of fused-ring (bicyclic) bond motifs is 2. The number of aryl methyl sites for hydroxylation is 1. The average molecular weight is 370 g/mol. The van der Waals surface area contributed by atoms with Gasteiger partial charge in [0.1, 0.15) is 11.4 Å². The molecule has 0 N–H and O–H groups in total. The summed E-state index contributed by atoms with van der Waals surface area (Å²) >= 11 is 1.38. The number of nitro groups is 1. The van der Waals surface area contributed by atoms with Crippen LogP contribution in [0.2, 0.25) is 0 Å². The molecule has 0 spiro atoms. The highest BCUT2D eigenvalue weighted by Crippen LogP contribution is 2.30. The van der Waals surface area contributed by atoms with Crippen molar-refractivity contribution in [3.05, 3.63) is 62.0 Å². The summed E-state index contributed by atoms with van der Waals surface area (Å²) in [6.07, 6.45) is 2.79. The first-order valence-electron chi connectivity index (χ1n) is 8.05. The average Bonchev–Trinajstić information content (AvgIpc) is 3.12. The lowest BCUT2D eigenvalue weighted by molar-refractivity contribution is -0.384. The third-order valence-corrected chi connectivity index (χ3v) is 5.27. The molecule has 1 aromatic carbocycles. The van der Waals surface area contributed by atoms with Gasteiger partial charge in [0, 0.05) is 24.4 Å². The molecule has 8 nitrogen and oxygen atoms in total. The van der Waals surface area contributed by atoms with Crippen molar-refractivity contribution >= 4 is 38.8 Å². The van der Waals surface area contributed by atoms with Crippen molar-refractivity contribution in [1.29, 1.82) is 0 Å². The van der Waals surface area contributed by atoms with Crippen LogP contribution >= 0.6 is 11.3 Å². The number of aromatic nitrogens is 2. The molecule has 3 aromatic rings. The maximum Gasteiger partial charge on any atom is 0.269 e. The van der Waals surface area contributed by atoms with Gasteiger partial charge in [-0.05, 0) is 35.9 Å². The Kier molecular flexibility index (Phi) is 4.00. The minimum Gasteiger partial charge on any atom is -0.311 e. The Morgan fingerprint density at radius 1 is 1.35 bits per heavy atom. The third-order valence-electron chi connectivity index (χ3n) is 4.45. The van der Waals surface area contributed by atoms with Crippen molar-refractivity contribution < 1.29 is 9.72 Å². The van der Waals surface area contributed by atoms with Gasteiger partial charge in [-0.15, -0.1) is 11.3 Å². The van der Waals surface area contributed by atoms with E-state index in [1.165, 1.54) is 34.4 Å². The van der Waals surface area contributed by atoms with E-state index in [-0.39, 0.29) is 23.7 Å². The molecule has 1 aliphatic heterocycles. The molecule has 9 heteroatoms. The molecule has 0 unspecified atom stereocenters. The van der Waals surface area contributed by atoms with Crippen molar-refractivity contribution in [3.63, 3.8) is 0 Å². The number of non-ortho nitro benzene ring substituents is 1. The van der Waals surface area contributed by atoms with Crippen molar-refractivity contribution in [2.75, 3.05) is 11.4 Å². The van der Waals surface area contributed by atoms with Crippen molar-refractivity contribution in [2.45, 2.75) is 19.4 Å². The molecule has 0 aliphatic carbocycles. The number of rotatable bonds is 3. The zero-order valence-corrected chi connectivity index (χ0v) is 14.4. The molecule has 0 fully saturated rings. The Morgan fingerprint density at radius 2 is 2.19 bits per heavy atom. The van der Waals surface area contributed by atoms with Gasteiger partial charge in [0.05, 0.1) is 16.6 Å². The fourth-order valence-electron chi connectivity index (χ4n) is 3.19. The topological polar surface area (TPSA) is 98.3 Å². The molecule has 0 atom stereocenters. The minimum atomic E-state index is -0.442. The van der Waals surface area contributed by atoms with Gasteiger partial charge in [0.15, 0.2) is 0 Å². The highest BCUT2D eigenvalue weighted by Gasteiger charge is 2.25. The van der Waals surface area contributed by atoms with Crippen molar-refractivity contribution in [1.82, 2.24) is 9.55 Å². The molecule has 0 radical (unpaired) electrons. The maximum atomic E-state index is 12.8. The van der Waals surface area contributed by atoms with Crippen LogP contribution in [0.1, 0.15) is 12.0 Å². The number of carbonyl (C=O) groups is 1. The zero-order valence-electron chi connectivity index (χ0n) is 13.6. The molecule has 0 saturated carbocycles. The molecule has 4 rings (SSSR count). The molecule has 3 heterocycles. The van der Waals surface area contributed by atoms with E-state index in [4.69, 9.17) is 0 Å². The van der Waals surface area contributed by atoms with Crippen LogP contribution in [0.4, 0.5) is 11.4 Å². The van der Waals surface area contributed by atoms with E-state index in [0.29, 0.717) is 28.9 Å². The normalized spacial score (nSPS) is 13.6. The zero-order chi connectivity index (χ0) is 18.3.